The molecule has 1 atom stereocenters. The fraction of sp³-hybridized carbons (Fsp3) is 0.458. The number of nitrogens with zero attached hydrogens (tertiary/aromatic N) is 2. The molecule has 4 aromatic carbocycles. The largest absolute Gasteiger partial charge is 0.385 e. The summed E-state index contributed by atoms with van der Waals surface area (Å²) in [6.07, 6.45) is 10.5. The number of likely N-dealkylation sites (N-methyl/N-ethyl adjacent to an activating group) is 1. The van der Waals surface area contributed by atoms with Gasteiger partial charge in [0, 0.05) is 35.5 Å². The molecule has 1 aliphatic heterocycles. The van der Waals surface area contributed by atoms with Gasteiger partial charge in [-0.1, -0.05) is 124 Å². The second kappa shape index (κ2) is 18.2. The highest BCUT2D eigenvalue weighted by molar-refractivity contribution is 6.11. The number of ketones is 2. The summed E-state index contributed by atoms with van der Waals surface area (Å²) in [6.45, 7) is 5.42. The van der Waals surface area contributed by atoms with E-state index >= 15 is 0 Å². The third-order valence-electron chi connectivity index (χ3n) is 12.4. The molecule has 1 unspecified atom stereocenters. The van der Waals surface area contributed by atoms with Crippen molar-refractivity contribution in [3.05, 3.63) is 137 Å². The van der Waals surface area contributed by atoms with Crippen LogP contribution < -0.4 is 4.90 Å². The highest BCUT2D eigenvalue weighted by atomic mass is 16.5. The van der Waals surface area contributed by atoms with Crippen LogP contribution in [0.25, 0.3) is 0 Å². The normalized spacial score (nSPS) is 19.1. The number of hydrogen-bond acceptors (Lipinski definition) is 7. The summed E-state index contributed by atoms with van der Waals surface area (Å²) < 4.78 is 5.42. The molecule has 7 rings (SSSR count). The molecule has 2 aliphatic carbocycles. The smallest absolute Gasteiger partial charge is 0.193 e. The van der Waals surface area contributed by atoms with Crippen molar-refractivity contribution in [1.82, 2.24) is 4.90 Å². The number of aliphatic hydroxyl groups is 2. The summed E-state index contributed by atoms with van der Waals surface area (Å²) in [5.74, 6) is 0.0941. The summed E-state index contributed by atoms with van der Waals surface area (Å²) in [5.41, 5.74) is 3.34. The standard InChI is InChI=1S/C25H30O3.C23H30N2O2/c26-23(19-11-3-5-13-21(19)24(27)15-7-1-8-16-24)20-12-4-6-14-22(20)25(28)17-9-2-10-18-25;1-4-23(24(2)3,18-19-8-6-5-7-9-19)22(26)20-10-12-21(13-11-20)25-14-16-27-17-15-25/h3-6,11-14,27-28H,1-2,7-10,15-18H2;5-13H,4,14-18H2,1-3H3. The summed E-state index contributed by atoms with van der Waals surface area (Å²) in [5, 5.41) is 22.6. The molecule has 0 radical (unpaired) electrons. The van der Waals surface area contributed by atoms with Crippen molar-refractivity contribution in [2.75, 3.05) is 45.3 Å². The van der Waals surface area contributed by atoms with Gasteiger partial charge in [0.1, 0.15) is 0 Å². The number of rotatable bonds is 11. The van der Waals surface area contributed by atoms with Gasteiger partial charge in [0.15, 0.2) is 11.6 Å². The number of benzene rings is 4. The van der Waals surface area contributed by atoms with Crippen molar-refractivity contribution in [3.63, 3.8) is 0 Å². The molecule has 1 heterocycles. The molecule has 2 saturated carbocycles. The van der Waals surface area contributed by atoms with E-state index in [0.29, 0.717) is 43.2 Å². The predicted octanol–water partition coefficient (Wildman–Crippen LogP) is 8.88. The quantitative estimate of drug-likeness (QED) is 0.148. The van der Waals surface area contributed by atoms with E-state index in [-0.39, 0.29) is 11.6 Å². The second-order valence-corrected chi connectivity index (χ2v) is 16.0. The van der Waals surface area contributed by atoms with Crippen LogP contribution >= 0.6 is 0 Å². The lowest BCUT2D eigenvalue weighted by molar-refractivity contribution is -0.00188. The van der Waals surface area contributed by atoms with Crippen LogP contribution in [-0.4, -0.2) is 72.6 Å². The monoisotopic (exact) mass is 744 g/mol. The van der Waals surface area contributed by atoms with Crippen molar-refractivity contribution in [2.24, 2.45) is 0 Å². The first kappa shape index (κ1) is 40.5. The van der Waals surface area contributed by atoms with Gasteiger partial charge in [0.25, 0.3) is 0 Å². The Kier molecular flexibility index (Phi) is 13.4. The molecule has 0 spiro atoms. The molecule has 4 aromatic rings. The second-order valence-electron chi connectivity index (χ2n) is 16.0. The fourth-order valence-corrected chi connectivity index (χ4v) is 9.02. The highest BCUT2D eigenvalue weighted by Crippen LogP contribution is 2.42. The van der Waals surface area contributed by atoms with Crippen LogP contribution in [0.3, 0.4) is 0 Å². The molecular formula is C48H60N2O5. The summed E-state index contributed by atoms with van der Waals surface area (Å²) in [4.78, 5) is 31.6. The zero-order valence-corrected chi connectivity index (χ0v) is 33.1. The van der Waals surface area contributed by atoms with Crippen LogP contribution in [0.2, 0.25) is 0 Å². The number of carbonyl (C=O) groups is 2. The van der Waals surface area contributed by atoms with E-state index in [1.165, 1.54) is 5.56 Å². The summed E-state index contributed by atoms with van der Waals surface area (Å²) >= 11 is 0. The topological polar surface area (TPSA) is 90.3 Å². The fourth-order valence-electron chi connectivity index (χ4n) is 9.02. The average Bonchev–Trinajstić information content (AvgIpc) is 3.24. The van der Waals surface area contributed by atoms with Crippen molar-refractivity contribution in [2.45, 2.75) is 101 Å². The Balaban J connectivity index is 0.000000187. The number of ether oxygens (including phenoxy) is 1. The van der Waals surface area contributed by atoms with Crippen molar-refractivity contribution in [1.29, 1.82) is 0 Å². The van der Waals surface area contributed by atoms with Gasteiger partial charge in [-0.2, -0.15) is 0 Å². The van der Waals surface area contributed by atoms with Crippen LogP contribution in [0.5, 0.6) is 0 Å². The molecule has 7 nitrogen and oxygen atoms in total. The van der Waals surface area contributed by atoms with Gasteiger partial charge < -0.3 is 19.8 Å². The number of carbonyl (C=O) groups excluding carboxylic acids is 2. The van der Waals surface area contributed by atoms with Crippen LogP contribution in [0.1, 0.15) is 121 Å². The molecule has 2 N–H and O–H groups in total. The predicted molar refractivity (Wildman–Crippen MR) is 221 cm³/mol. The molecule has 3 fully saturated rings. The Labute approximate surface area is 328 Å². The molecule has 1 saturated heterocycles. The molecule has 292 valence electrons. The van der Waals surface area contributed by atoms with Gasteiger partial charge in [0.05, 0.1) is 30.0 Å². The van der Waals surface area contributed by atoms with E-state index in [1.54, 1.807) is 0 Å². The van der Waals surface area contributed by atoms with Crippen molar-refractivity contribution < 1.29 is 24.5 Å². The lowest BCUT2D eigenvalue weighted by atomic mass is 9.74. The number of morpholine rings is 1. The Morgan fingerprint density at radius 3 is 1.62 bits per heavy atom. The molecule has 3 aliphatic rings. The van der Waals surface area contributed by atoms with E-state index in [4.69, 9.17) is 4.74 Å². The molecule has 0 amide bonds. The zero-order valence-electron chi connectivity index (χ0n) is 33.1. The Morgan fingerprint density at radius 1 is 0.673 bits per heavy atom. The van der Waals surface area contributed by atoms with Crippen LogP contribution in [0.4, 0.5) is 5.69 Å². The first-order valence-corrected chi connectivity index (χ1v) is 20.5. The lowest BCUT2D eigenvalue weighted by Gasteiger charge is -2.38. The average molecular weight is 745 g/mol. The van der Waals surface area contributed by atoms with Crippen LogP contribution in [0, 0.1) is 0 Å². The first-order chi connectivity index (χ1) is 26.6. The minimum atomic E-state index is -0.929. The number of hydrogen-bond donors (Lipinski definition) is 2. The molecule has 7 heteroatoms. The molecular weight excluding hydrogens is 685 g/mol. The van der Waals surface area contributed by atoms with Gasteiger partial charge in [-0.25, -0.2) is 0 Å². The molecule has 0 bridgehead atoms. The van der Waals surface area contributed by atoms with E-state index in [2.05, 4.69) is 41.0 Å². The zero-order chi connectivity index (χ0) is 38.9. The Hall–Kier alpha value is -4.14. The summed E-state index contributed by atoms with van der Waals surface area (Å²) in [7, 11) is 4.01. The number of Topliss-reactive ketones (excluding diaryl/α,β-unsaturated/α-hetero) is 1. The number of anilines is 1. The minimum Gasteiger partial charge on any atom is -0.385 e. The van der Waals surface area contributed by atoms with Gasteiger partial charge in [0.2, 0.25) is 0 Å². The SMILES string of the molecule is CCC(Cc1ccccc1)(C(=O)c1ccc(N2CCOCC2)cc1)N(C)C.O=C(c1ccccc1C1(O)CCCCC1)c1ccccc1C1(O)CCCCC1. The Bertz CT molecular complexity index is 1790. The van der Waals surface area contributed by atoms with Crippen molar-refractivity contribution in [3.8, 4) is 0 Å². The maximum Gasteiger partial charge on any atom is 0.193 e. The van der Waals surface area contributed by atoms with E-state index < -0.39 is 16.7 Å². The minimum absolute atomic E-state index is 0.0933. The Morgan fingerprint density at radius 2 is 1.15 bits per heavy atom. The molecule has 55 heavy (non-hydrogen) atoms. The highest BCUT2D eigenvalue weighted by Gasteiger charge is 2.40. The van der Waals surface area contributed by atoms with Gasteiger partial charge in [-0.15, -0.1) is 0 Å². The van der Waals surface area contributed by atoms with E-state index in [0.717, 1.165) is 93.6 Å². The summed E-state index contributed by atoms with van der Waals surface area (Å²) in [6, 6.07) is 33.3. The van der Waals surface area contributed by atoms with Crippen molar-refractivity contribution >= 4 is 17.3 Å². The lowest BCUT2D eigenvalue weighted by Crippen LogP contribution is -2.52. The third kappa shape index (κ3) is 9.13. The first-order valence-electron chi connectivity index (χ1n) is 20.5. The van der Waals surface area contributed by atoms with Gasteiger partial charge >= 0.3 is 0 Å². The third-order valence-corrected chi connectivity index (χ3v) is 12.4. The van der Waals surface area contributed by atoms with Gasteiger partial charge in [-0.3, -0.25) is 14.5 Å². The van der Waals surface area contributed by atoms with E-state index in [1.807, 2.05) is 93.0 Å². The maximum absolute atomic E-state index is 13.6. The van der Waals surface area contributed by atoms with Gasteiger partial charge in [-0.05, 0) is 93.6 Å². The molecule has 0 aromatic heterocycles. The van der Waals surface area contributed by atoms with E-state index in [9.17, 15) is 19.8 Å². The van der Waals surface area contributed by atoms with Crippen LogP contribution in [0.15, 0.2) is 103 Å². The maximum atomic E-state index is 13.6. The van der Waals surface area contributed by atoms with Crippen LogP contribution in [-0.2, 0) is 22.4 Å².